The smallest absolute Gasteiger partial charge is 0.114 e. The molecular weight excluding hydrogens is 184 g/mol. The molecule has 3 heteroatoms. The molecule has 2 atom stereocenters. The summed E-state index contributed by atoms with van der Waals surface area (Å²) in [5.41, 5.74) is 0.0746. The highest BCUT2D eigenvalue weighted by Crippen LogP contribution is 2.31. The van der Waals surface area contributed by atoms with E-state index < -0.39 is 5.60 Å². The summed E-state index contributed by atoms with van der Waals surface area (Å²) < 4.78 is 5.15. The van der Waals surface area contributed by atoms with Gasteiger partial charge in [0.15, 0.2) is 0 Å². The van der Waals surface area contributed by atoms with Gasteiger partial charge in [0, 0.05) is 12.0 Å². The molecule has 0 aliphatic carbocycles. The first-order chi connectivity index (χ1) is 6.00. The summed E-state index contributed by atoms with van der Waals surface area (Å²) >= 11 is 1.64. The Balaban J connectivity index is 2.99. The lowest BCUT2D eigenvalue weighted by molar-refractivity contribution is -0.0772. The molecular formula is C10H16O2S. The minimum Gasteiger partial charge on any atom is -0.383 e. The van der Waals surface area contributed by atoms with E-state index in [0.717, 1.165) is 10.4 Å². The number of aliphatic hydroxyl groups is 1. The molecule has 13 heavy (non-hydrogen) atoms. The summed E-state index contributed by atoms with van der Waals surface area (Å²) in [6, 6.07) is 1.95. The predicted molar refractivity (Wildman–Crippen MR) is 55.1 cm³/mol. The molecule has 1 heterocycles. The molecule has 2 nitrogen and oxygen atoms in total. The van der Waals surface area contributed by atoms with Gasteiger partial charge in [-0.3, -0.25) is 0 Å². The van der Waals surface area contributed by atoms with E-state index in [0.29, 0.717) is 0 Å². The molecule has 1 N–H and O–H groups in total. The molecule has 1 rings (SSSR count). The van der Waals surface area contributed by atoms with Gasteiger partial charge in [0.05, 0.1) is 6.10 Å². The normalized spacial score (nSPS) is 18.2. The van der Waals surface area contributed by atoms with Crippen LogP contribution in [0.15, 0.2) is 11.4 Å². The summed E-state index contributed by atoms with van der Waals surface area (Å²) in [4.78, 5) is 1.15. The van der Waals surface area contributed by atoms with Crippen LogP contribution in [-0.2, 0) is 10.3 Å². The molecule has 1 aromatic rings. The third-order valence-corrected chi connectivity index (χ3v) is 3.39. The lowest BCUT2D eigenvalue weighted by atomic mass is 9.91. The second-order valence-electron chi connectivity index (χ2n) is 3.42. The molecule has 2 unspecified atom stereocenters. The van der Waals surface area contributed by atoms with Crippen molar-refractivity contribution in [2.45, 2.75) is 32.5 Å². The monoisotopic (exact) mass is 200 g/mol. The first-order valence-electron chi connectivity index (χ1n) is 4.30. The fourth-order valence-electron chi connectivity index (χ4n) is 1.36. The van der Waals surface area contributed by atoms with E-state index in [9.17, 15) is 5.11 Å². The average molecular weight is 200 g/mol. The van der Waals surface area contributed by atoms with Crippen LogP contribution in [0.3, 0.4) is 0 Å². The third-order valence-electron chi connectivity index (χ3n) is 2.55. The zero-order valence-corrected chi connectivity index (χ0v) is 9.31. The van der Waals surface area contributed by atoms with Crippen LogP contribution < -0.4 is 0 Å². The van der Waals surface area contributed by atoms with E-state index in [1.807, 2.05) is 25.3 Å². The SMILES string of the molecule is COC(C)C(C)(O)c1ccsc1C. The Labute approximate surface area is 83.2 Å². The minimum atomic E-state index is -0.890. The Morgan fingerprint density at radius 1 is 1.62 bits per heavy atom. The Kier molecular flexibility index (Phi) is 3.11. The topological polar surface area (TPSA) is 29.5 Å². The van der Waals surface area contributed by atoms with Crippen LogP contribution in [0.5, 0.6) is 0 Å². The molecule has 0 aromatic carbocycles. The molecule has 74 valence electrons. The van der Waals surface area contributed by atoms with E-state index in [1.165, 1.54) is 0 Å². The quantitative estimate of drug-likeness (QED) is 0.811. The van der Waals surface area contributed by atoms with Crippen molar-refractivity contribution >= 4 is 11.3 Å². The number of hydrogen-bond donors (Lipinski definition) is 1. The van der Waals surface area contributed by atoms with Crippen molar-refractivity contribution in [2.24, 2.45) is 0 Å². The maximum Gasteiger partial charge on any atom is 0.114 e. The molecule has 0 radical (unpaired) electrons. The second kappa shape index (κ2) is 3.78. The van der Waals surface area contributed by atoms with Gasteiger partial charge in [-0.05, 0) is 37.8 Å². The number of thiophene rings is 1. The van der Waals surface area contributed by atoms with Gasteiger partial charge in [-0.25, -0.2) is 0 Å². The van der Waals surface area contributed by atoms with Crippen LogP contribution in [0.1, 0.15) is 24.3 Å². The summed E-state index contributed by atoms with van der Waals surface area (Å²) in [7, 11) is 1.61. The molecule has 0 bridgehead atoms. The fourth-order valence-corrected chi connectivity index (χ4v) is 2.17. The van der Waals surface area contributed by atoms with Crippen molar-refractivity contribution in [3.05, 3.63) is 21.9 Å². The van der Waals surface area contributed by atoms with Crippen molar-refractivity contribution in [2.75, 3.05) is 7.11 Å². The van der Waals surface area contributed by atoms with Gasteiger partial charge in [-0.15, -0.1) is 11.3 Å². The largest absolute Gasteiger partial charge is 0.383 e. The summed E-state index contributed by atoms with van der Waals surface area (Å²) in [5, 5.41) is 12.2. The van der Waals surface area contributed by atoms with Crippen LogP contribution in [0.2, 0.25) is 0 Å². The minimum absolute atomic E-state index is 0.194. The zero-order valence-electron chi connectivity index (χ0n) is 8.50. The van der Waals surface area contributed by atoms with E-state index in [4.69, 9.17) is 4.74 Å². The first kappa shape index (κ1) is 10.7. The van der Waals surface area contributed by atoms with Gasteiger partial charge in [-0.2, -0.15) is 0 Å². The summed E-state index contributed by atoms with van der Waals surface area (Å²) in [6.07, 6.45) is -0.194. The van der Waals surface area contributed by atoms with E-state index in [-0.39, 0.29) is 6.10 Å². The number of aryl methyl sites for hydroxylation is 1. The van der Waals surface area contributed by atoms with Crippen LogP contribution >= 0.6 is 11.3 Å². The molecule has 0 fully saturated rings. The van der Waals surface area contributed by atoms with E-state index >= 15 is 0 Å². The molecule has 1 aromatic heterocycles. The highest BCUT2D eigenvalue weighted by molar-refractivity contribution is 7.10. The molecule has 0 saturated carbocycles. The van der Waals surface area contributed by atoms with Crippen molar-refractivity contribution < 1.29 is 9.84 Å². The molecule has 0 amide bonds. The van der Waals surface area contributed by atoms with Gasteiger partial charge >= 0.3 is 0 Å². The van der Waals surface area contributed by atoms with Crippen molar-refractivity contribution in [1.82, 2.24) is 0 Å². The summed E-state index contributed by atoms with van der Waals surface area (Å²) in [6.45, 7) is 5.67. The van der Waals surface area contributed by atoms with E-state index in [2.05, 4.69) is 0 Å². The van der Waals surface area contributed by atoms with Gasteiger partial charge < -0.3 is 9.84 Å². The standard InChI is InChI=1S/C10H16O2S/c1-7-9(5-6-13-7)10(3,11)8(2)12-4/h5-6,8,11H,1-4H3. The maximum absolute atomic E-state index is 10.2. The number of rotatable bonds is 3. The van der Waals surface area contributed by atoms with Crippen LogP contribution in [0, 0.1) is 6.92 Å². The average Bonchev–Trinajstić information content (AvgIpc) is 2.50. The second-order valence-corrected chi connectivity index (χ2v) is 4.54. The van der Waals surface area contributed by atoms with Gasteiger partial charge in [0.25, 0.3) is 0 Å². The van der Waals surface area contributed by atoms with Crippen LogP contribution in [0.25, 0.3) is 0 Å². The first-order valence-corrected chi connectivity index (χ1v) is 5.18. The van der Waals surface area contributed by atoms with Crippen molar-refractivity contribution in [1.29, 1.82) is 0 Å². The van der Waals surface area contributed by atoms with Crippen molar-refractivity contribution in [3.63, 3.8) is 0 Å². The Hall–Kier alpha value is -0.380. The lowest BCUT2D eigenvalue weighted by Crippen LogP contribution is -2.35. The lowest BCUT2D eigenvalue weighted by Gasteiger charge is -2.29. The molecule has 0 aliphatic rings. The van der Waals surface area contributed by atoms with Gasteiger partial charge in [0.1, 0.15) is 5.60 Å². The molecule has 0 aliphatic heterocycles. The van der Waals surface area contributed by atoms with Crippen molar-refractivity contribution in [3.8, 4) is 0 Å². The van der Waals surface area contributed by atoms with Crippen LogP contribution in [-0.4, -0.2) is 18.3 Å². The van der Waals surface area contributed by atoms with E-state index in [1.54, 1.807) is 25.4 Å². The molecule has 0 saturated heterocycles. The van der Waals surface area contributed by atoms with Gasteiger partial charge in [0.2, 0.25) is 0 Å². The number of methoxy groups -OCH3 is 1. The fraction of sp³-hybridized carbons (Fsp3) is 0.600. The maximum atomic E-state index is 10.2. The molecule has 0 spiro atoms. The van der Waals surface area contributed by atoms with Crippen LogP contribution in [0.4, 0.5) is 0 Å². The third kappa shape index (κ3) is 1.93. The Bertz CT molecular complexity index is 278. The summed E-state index contributed by atoms with van der Waals surface area (Å²) in [5.74, 6) is 0. The Morgan fingerprint density at radius 2 is 2.23 bits per heavy atom. The highest BCUT2D eigenvalue weighted by atomic mass is 32.1. The number of hydrogen-bond acceptors (Lipinski definition) is 3. The Morgan fingerprint density at radius 3 is 2.62 bits per heavy atom. The zero-order chi connectivity index (χ0) is 10.1. The highest BCUT2D eigenvalue weighted by Gasteiger charge is 2.32. The predicted octanol–water partition coefficient (Wildman–Crippen LogP) is 2.30. The number of ether oxygens (including phenoxy) is 1. The van der Waals surface area contributed by atoms with Gasteiger partial charge in [-0.1, -0.05) is 0 Å².